The Morgan fingerprint density at radius 1 is 1.20 bits per heavy atom. The van der Waals surface area contributed by atoms with Gasteiger partial charge >= 0.3 is 0 Å². The summed E-state index contributed by atoms with van der Waals surface area (Å²) in [6.45, 7) is 6.36. The molecule has 0 unspecified atom stereocenters. The van der Waals surface area contributed by atoms with Gasteiger partial charge in [-0.1, -0.05) is 19.1 Å². The highest BCUT2D eigenvalue weighted by molar-refractivity contribution is 5.29. The summed E-state index contributed by atoms with van der Waals surface area (Å²) in [4.78, 5) is 0. The number of hydrogen-bond donors (Lipinski definition) is 1. The summed E-state index contributed by atoms with van der Waals surface area (Å²) in [5.41, 5.74) is 1.29. The van der Waals surface area contributed by atoms with Crippen LogP contribution in [0.2, 0.25) is 0 Å². The zero-order chi connectivity index (χ0) is 11.3. The third kappa shape index (κ3) is 3.56. The molecule has 0 amide bonds. The van der Waals surface area contributed by atoms with E-state index in [2.05, 4.69) is 38.2 Å². The van der Waals surface area contributed by atoms with Crippen molar-refractivity contribution in [3.05, 3.63) is 29.8 Å². The fraction of sp³-hybridized carbons (Fsp3) is 0.538. The molecule has 1 aromatic rings. The molecule has 0 saturated carbocycles. The quantitative estimate of drug-likeness (QED) is 0.801. The molecule has 15 heavy (non-hydrogen) atoms. The van der Waals surface area contributed by atoms with Crippen molar-refractivity contribution in [2.24, 2.45) is 0 Å². The largest absolute Gasteiger partial charge is 0.491 e. The van der Waals surface area contributed by atoms with Crippen LogP contribution < -0.4 is 10.1 Å². The molecule has 0 aliphatic rings. The monoisotopic (exact) mass is 207 g/mol. The second kappa shape index (κ2) is 5.76. The van der Waals surface area contributed by atoms with Gasteiger partial charge in [0, 0.05) is 6.04 Å². The van der Waals surface area contributed by atoms with Crippen molar-refractivity contribution in [1.82, 2.24) is 5.32 Å². The molecular formula is C13H21NO. The van der Waals surface area contributed by atoms with Gasteiger partial charge in [0.1, 0.15) is 5.75 Å². The average Bonchev–Trinajstić information content (AvgIpc) is 2.29. The lowest BCUT2D eigenvalue weighted by Gasteiger charge is -2.14. The van der Waals surface area contributed by atoms with Gasteiger partial charge < -0.3 is 10.1 Å². The second-order valence-corrected chi connectivity index (χ2v) is 3.92. The van der Waals surface area contributed by atoms with Crippen LogP contribution in [0.1, 0.15) is 38.8 Å². The van der Waals surface area contributed by atoms with Gasteiger partial charge in [-0.25, -0.2) is 0 Å². The van der Waals surface area contributed by atoms with Crippen LogP contribution in [0.3, 0.4) is 0 Å². The van der Waals surface area contributed by atoms with Crippen LogP contribution in [-0.4, -0.2) is 13.2 Å². The van der Waals surface area contributed by atoms with Gasteiger partial charge in [0.25, 0.3) is 0 Å². The van der Waals surface area contributed by atoms with Crippen molar-refractivity contribution >= 4 is 0 Å². The standard InChI is InChI=1S/C13H21NO/c1-5-10(2)15-13-8-6-12(7-9-13)11(3)14-4/h6-11,14H,5H2,1-4H3/t10-,11+/m0/s1. The lowest BCUT2D eigenvalue weighted by Crippen LogP contribution is -2.12. The fourth-order valence-electron chi connectivity index (χ4n) is 1.32. The lowest BCUT2D eigenvalue weighted by molar-refractivity contribution is 0.217. The van der Waals surface area contributed by atoms with Gasteiger partial charge in [-0.05, 0) is 45.0 Å². The molecule has 1 rings (SSSR count). The molecule has 0 heterocycles. The highest BCUT2D eigenvalue weighted by Gasteiger charge is 2.04. The minimum atomic E-state index is 0.289. The SMILES string of the molecule is CC[C@H](C)Oc1ccc([C@@H](C)NC)cc1. The van der Waals surface area contributed by atoms with Crippen molar-refractivity contribution in [1.29, 1.82) is 0 Å². The number of nitrogens with one attached hydrogen (secondary N) is 1. The van der Waals surface area contributed by atoms with E-state index in [1.165, 1.54) is 5.56 Å². The van der Waals surface area contributed by atoms with E-state index in [1.54, 1.807) is 0 Å². The highest BCUT2D eigenvalue weighted by atomic mass is 16.5. The number of benzene rings is 1. The molecule has 1 N–H and O–H groups in total. The predicted molar refractivity (Wildman–Crippen MR) is 64.3 cm³/mol. The second-order valence-electron chi connectivity index (χ2n) is 3.92. The smallest absolute Gasteiger partial charge is 0.119 e. The van der Waals surface area contributed by atoms with E-state index in [9.17, 15) is 0 Å². The van der Waals surface area contributed by atoms with Gasteiger partial charge in [-0.3, -0.25) is 0 Å². The molecule has 2 atom stereocenters. The molecular weight excluding hydrogens is 186 g/mol. The summed E-state index contributed by atoms with van der Waals surface area (Å²) in [6, 6.07) is 8.69. The van der Waals surface area contributed by atoms with Crippen LogP contribution >= 0.6 is 0 Å². The summed E-state index contributed by atoms with van der Waals surface area (Å²) >= 11 is 0. The molecule has 1 aromatic carbocycles. The summed E-state index contributed by atoms with van der Waals surface area (Å²) in [5, 5.41) is 3.21. The zero-order valence-corrected chi connectivity index (χ0v) is 10.1. The predicted octanol–water partition coefficient (Wildman–Crippen LogP) is 3.14. The maximum Gasteiger partial charge on any atom is 0.119 e. The third-order valence-electron chi connectivity index (χ3n) is 2.73. The van der Waals surface area contributed by atoms with Crippen LogP contribution in [0.4, 0.5) is 0 Å². The number of rotatable bonds is 5. The number of hydrogen-bond acceptors (Lipinski definition) is 2. The molecule has 0 spiro atoms. The van der Waals surface area contributed by atoms with Crippen LogP contribution in [0.25, 0.3) is 0 Å². The number of ether oxygens (including phenoxy) is 1. The Bertz CT molecular complexity index is 281. The summed E-state index contributed by atoms with van der Waals surface area (Å²) in [7, 11) is 1.97. The van der Waals surface area contributed by atoms with E-state index in [1.807, 2.05) is 19.2 Å². The van der Waals surface area contributed by atoms with Crippen molar-refractivity contribution < 1.29 is 4.74 Å². The van der Waals surface area contributed by atoms with Gasteiger partial charge in [-0.2, -0.15) is 0 Å². The van der Waals surface area contributed by atoms with E-state index in [4.69, 9.17) is 4.74 Å². The Morgan fingerprint density at radius 3 is 2.27 bits per heavy atom. The minimum Gasteiger partial charge on any atom is -0.491 e. The third-order valence-corrected chi connectivity index (χ3v) is 2.73. The van der Waals surface area contributed by atoms with Crippen LogP contribution in [0, 0.1) is 0 Å². The van der Waals surface area contributed by atoms with Gasteiger partial charge in [0.15, 0.2) is 0 Å². The first-order valence-electron chi connectivity index (χ1n) is 5.61. The molecule has 2 heteroatoms. The molecule has 0 aromatic heterocycles. The normalized spacial score (nSPS) is 14.7. The maximum atomic E-state index is 5.71. The fourth-order valence-corrected chi connectivity index (χ4v) is 1.32. The summed E-state index contributed by atoms with van der Waals surface area (Å²) in [5.74, 6) is 0.955. The maximum absolute atomic E-state index is 5.71. The van der Waals surface area contributed by atoms with E-state index in [-0.39, 0.29) is 6.10 Å². The Hall–Kier alpha value is -1.02. The van der Waals surface area contributed by atoms with E-state index in [0.29, 0.717) is 6.04 Å². The first-order valence-corrected chi connectivity index (χ1v) is 5.61. The Morgan fingerprint density at radius 2 is 1.80 bits per heavy atom. The van der Waals surface area contributed by atoms with Gasteiger partial charge in [0.2, 0.25) is 0 Å². The molecule has 0 aliphatic heterocycles. The topological polar surface area (TPSA) is 21.3 Å². The average molecular weight is 207 g/mol. The lowest BCUT2D eigenvalue weighted by atomic mass is 10.1. The Kier molecular flexibility index (Phi) is 4.63. The van der Waals surface area contributed by atoms with Crippen molar-refractivity contribution in [3.63, 3.8) is 0 Å². The minimum absolute atomic E-state index is 0.289. The van der Waals surface area contributed by atoms with E-state index in [0.717, 1.165) is 12.2 Å². The first-order chi connectivity index (χ1) is 7.17. The highest BCUT2D eigenvalue weighted by Crippen LogP contribution is 2.18. The van der Waals surface area contributed by atoms with E-state index >= 15 is 0 Å². The zero-order valence-electron chi connectivity index (χ0n) is 10.1. The van der Waals surface area contributed by atoms with Crippen molar-refractivity contribution in [3.8, 4) is 5.75 Å². The molecule has 2 nitrogen and oxygen atoms in total. The van der Waals surface area contributed by atoms with Crippen LogP contribution in [-0.2, 0) is 0 Å². The summed E-state index contributed by atoms with van der Waals surface area (Å²) in [6.07, 6.45) is 1.33. The van der Waals surface area contributed by atoms with Crippen molar-refractivity contribution in [2.45, 2.75) is 39.3 Å². The summed E-state index contributed by atoms with van der Waals surface area (Å²) < 4.78 is 5.71. The molecule has 84 valence electrons. The molecule has 0 radical (unpaired) electrons. The molecule has 0 saturated heterocycles. The van der Waals surface area contributed by atoms with Crippen molar-refractivity contribution in [2.75, 3.05) is 7.05 Å². The molecule has 0 aliphatic carbocycles. The molecule has 0 fully saturated rings. The molecule has 0 bridgehead atoms. The van der Waals surface area contributed by atoms with Crippen LogP contribution in [0.5, 0.6) is 5.75 Å². The van der Waals surface area contributed by atoms with Gasteiger partial charge in [-0.15, -0.1) is 0 Å². The Balaban J connectivity index is 2.64. The van der Waals surface area contributed by atoms with E-state index < -0.39 is 0 Å². The van der Waals surface area contributed by atoms with Crippen LogP contribution in [0.15, 0.2) is 24.3 Å². The first kappa shape index (κ1) is 12.1. The Labute approximate surface area is 92.6 Å². The van der Waals surface area contributed by atoms with Gasteiger partial charge in [0.05, 0.1) is 6.10 Å².